The molecule has 0 heterocycles. The van der Waals surface area contributed by atoms with E-state index in [1.165, 1.54) is 22.3 Å². The van der Waals surface area contributed by atoms with Gasteiger partial charge in [-0.2, -0.15) is 0 Å². The number of rotatable bonds is 5. The fourth-order valence-corrected chi connectivity index (χ4v) is 3.20. The molecule has 0 aliphatic heterocycles. The number of unbranched alkanes of at least 4 members (excludes halogenated alkanes) is 1. The van der Waals surface area contributed by atoms with Crippen LogP contribution in [0.5, 0.6) is 0 Å². The van der Waals surface area contributed by atoms with Crippen molar-refractivity contribution in [2.75, 3.05) is 0 Å². The van der Waals surface area contributed by atoms with E-state index in [4.69, 9.17) is 5.11 Å². The molecule has 2 aromatic rings. The number of carbonyl (C=O) groups is 1. The summed E-state index contributed by atoms with van der Waals surface area (Å²) < 4.78 is 0. The van der Waals surface area contributed by atoms with Crippen molar-refractivity contribution in [3.63, 3.8) is 0 Å². The number of fused-ring (bicyclic) bond motifs is 3. The average molecular weight is 266 g/mol. The summed E-state index contributed by atoms with van der Waals surface area (Å²) in [7, 11) is 0. The molecule has 0 bridgehead atoms. The van der Waals surface area contributed by atoms with Gasteiger partial charge in [0.15, 0.2) is 0 Å². The molecule has 2 heteroatoms. The van der Waals surface area contributed by atoms with Crippen LogP contribution in [0.25, 0.3) is 11.1 Å². The molecule has 0 amide bonds. The van der Waals surface area contributed by atoms with E-state index >= 15 is 0 Å². The van der Waals surface area contributed by atoms with Gasteiger partial charge in [-0.1, -0.05) is 55.0 Å². The molecule has 1 aliphatic rings. The van der Waals surface area contributed by atoms with Gasteiger partial charge >= 0.3 is 5.97 Å². The summed E-state index contributed by atoms with van der Waals surface area (Å²) in [5, 5.41) is 8.72. The van der Waals surface area contributed by atoms with Gasteiger partial charge in [0.05, 0.1) is 0 Å². The van der Waals surface area contributed by atoms with Gasteiger partial charge in [0, 0.05) is 12.3 Å². The quantitative estimate of drug-likeness (QED) is 0.812. The molecule has 0 atom stereocenters. The van der Waals surface area contributed by atoms with E-state index in [0.717, 1.165) is 19.3 Å². The Kier molecular flexibility index (Phi) is 3.55. The van der Waals surface area contributed by atoms with E-state index in [-0.39, 0.29) is 6.42 Å². The number of hydrogen-bond donors (Lipinski definition) is 1. The standard InChI is InChI=1S/C18H18O2/c19-18(20)12-6-5-11-17-15-9-3-1-7-13(15)14-8-2-4-10-16(14)17/h1-4,7-10,17H,5-6,11-12H2,(H,19,20). The number of carboxylic acids is 1. The summed E-state index contributed by atoms with van der Waals surface area (Å²) >= 11 is 0. The molecule has 2 nitrogen and oxygen atoms in total. The van der Waals surface area contributed by atoms with Gasteiger partial charge in [0.2, 0.25) is 0 Å². The second-order valence-electron chi connectivity index (χ2n) is 5.37. The van der Waals surface area contributed by atoms with Crippen molar-refractivity contribution >= 4 is 5.97 Å². The van der Waals surface area contributed by atoms with Crippen LogP contribution in [-0.2, 0) is 4.79 Å². The Morgan fingerprint density at radius 2 is 1.45 bits per heavy atom. The van der Waals surface area contributed by atoms with Gasteiger partial charge in [0.1, 0.15) is 0 Å². The molecule has 0 fully saturated rings. The maximum Gasteiger partial charge on any atom is 0.303 e. The van der Waals surface area contributed by atoms with Gasteiger partial charge in [-0.3, -0.25) is 4.79 Å². The van der Waals surface area contributed by atoms with Crippen LogP contribution in [0.15, 0.2) is 48.5 Å². The Morgan fingerprint density at radius 3 is 2.00 bits per heavy atom. The fourth-order valence-electron chi connectivity index (χ4n) is 3.20. The summed E-state index contributed by atoms with van der Waals surface area (Å²) in [6, 6.07) is 17.1. The number of benzene rings is 2. The Labute approximate surface area is 119 Å². The number of aliphatic carboxylic acids is 1. The van der Waals surface area contributed by atoms with E-state index in [2.05, 4.69) is 48.5 Å². The molecular formula is C18H18O2. The lowest BCUT2D eigenvalue weighted by Gasteiger charge is -2.13. The summed E-state index contributed by atoms with van der Waals surface area (Å²) in [6.07, 6.45) is 3.02. The van der Waals surface area contributed by atoms with Crippen LogP contribution in [0.2, 0.25) is 0 Å². The second kappa shape index (κ2) is 5.49. The van der Waals surface area contributed by atoms with Crippen LogP contribution in [0.1, 0.15) is 42.7 Å². The lowest BCUT2D eigenvalue weighted by molar-refractivity contribution is -0.137. The zero-order chi connectivity index (χ0) is 13.9. The maximum absolute atomic E-state index is 10.6. The highest BCUT2D eigenvalue weighted by Gasteiger charge is 2.27. The van der Waals surface area contributed by atoms with Crippen LogP contribution < -0.4 is 0 Å². The van der Waals surface area contributed by atoms with Gasteiger partial charge < -0.3 is 5.11 Å². The van der Waals surface area contributed by atoms with Crippen LogP contribution in [0.4, 0.5) is 0 Å². The lowest BCUT2D eigenvalue weighted by atomic mass is 9.91. The fraction of sp³-hybridized carbons (Fsp3) is 0.278. The molecule has 2 aromatic carbocycles. The van der Waals surface area contributed by atoms with Crippen LogP contribution in [0, 0.1) is 0 Å². The summed E-state index contributed by atoms with van der Waals surface area (Å²) in [6.45, 7) is 0. The Morgan fingerprint density at radius 1 is 0.900 bits per heavy atom. The monoisotopic (exact) mass is 266 g/mol. The first-order valence-electron chi connectivity index (χ1n) is 7.17. The van der Waals surface area contributed by atoms with Crippen molar-refractivity contribution in [1.29, 1.82) is 0 Å². The SMILES string of the molecule is O=C(O)CCCCC1c2ccccc2-c2ccccc21. The normalized spacial score (nSPS) is 13.0. The minimum atomic E-state index is -0.697. The van der Waals surface area contributed by atoms with Crippen molar-refractivity contribution in [3.05, 3.63) is 59.7 Å². The molecule has 20 heavy (non-hydrogen) atoms. The van der Waals surface area contributed by atoms with Gasteiger partial charge in [-0.15, -0.1) is 0 Å². The third kappa shape index (κ3) is 2.34. The highest BCUT2D eigenvalue weighted by atomic mass is 16.4. The molecule has 0 saturated carbocycles. The highest BCUT2D eigenvalue weighted by Crippen LogP contribution is 2.46. The largest absolute Gasteiger partial charge is 0.481 e. The molecule has 0 unspecified atom stereocenters. The topological polar surface area (TPSA) is 37.3 Å². The molecule has 102 valence electrons. The number of hydrogen-bond acceptors (Lipinski definition) is 1. The molecule has 1 N–H and O–H groups in total. The minimum absolute atomic E-state index is 0.274. The Bertz CT molecular complexity index is 585. The van der Waals surface area contributed by atoms with Crippen LogP contribution >= 0.6 is 0 Å². The molecule has 3 rings (SSSR count). The Balaban J connectivity index is 1.82. The van der Waals surface area contributed by atoms with Crippen molar-refractivity contribution in [2.45, 2.75) is 31.6 Å². The predicted octanol–water partition coefficient (Wildman–Crippen LogP) is 4.44. The van der Waals surface area contributed by atoms with Crippen LogP contribution in [-0.4, -0.2) is 11.1 Å². The van der Waals surface area contributed by atoms with E-state index < -0.39 is 5.97 Å². The van der Waals surface area contributed by atoms with E-state index in [0.29, 0.717) is 5.92 Å². The van der Waals surface area contributed by atoms with E-state index in [1.54, 1.807) is 0 Å². The minimum Gasteiger partial charge on any atom is -0.481 e. The lowest BCUT2D eigenvalue weighted by Crippen LogP contribution is -1.99. The summed E-state index contributed by atoms with van der Waals surface area (Å²) in [5.41, 5.74) is 5.46. The summed E-state index contributed by atoms with van der Waals surface area (Å²) in [4.78, 5) is 10.6. The first-order chi connectivity index (χ1) is 9.77. The zero-order valence-corrected chi connectivity index (χ0v) is 11.4. The van der Waals surface area contributed by atoms with Crippen LogP contribution in [0.3, 0.4) is 0 Å². The molecule has 0 radical (unpaired) electrons. The van der Waals surface area contributed by atoms with Gasteiger partial charge in [-0.05, 0) is 35.1 Å². The Hall–Kier alpha value is -2.09. The molecular weight excluding hydrogens is 248 g/mol. The predicted molar refractivity (Wildman–Crippen MR) is 79.8 cm³/mol. The molecule has 0 aromatic heterocycles. The first kappa shape index (κ1) is 12.9. The van der Waals surface area contributed by atoms with E-state index in [1.807, 2.05) is 0 Å². The smallest absolute Gasteiger partial charge is 0.303 e. The molecule has 0 spiro atoms. The van der Waals surface area contributed by atoms with Gasteiger partial charge in [-0.25, -0.2) is 0 Å². The maximum atomic E-state index is 10.6. The second-order valence-corrected chi connectivity index (χ2v) is 5.37. The van der Waals surface area contributed by atoms with E-state index in [9.17, 15) is 4.79 Å². The zero-order valence-electron chi connectivity index (χ0n) is 11.4. The molecule has 0 saturated heterocycles. The third-order valence-electron chi connectivity index (χ3n) is 4.10. The van der Waals surface area contributed by atoms with Crippen molar-refractivity contribution in [1.82, 2.24) is 0 Å². The first-order valence-corrected chi connectivity index (χ1v) is 7.17. The van der Waals surface area contributed by atoms with Gasteiger partial charge in [0.25, 0.3) is 0 Å². The third-order valence-corrected chi connectivity index (χ3v) is 4.10. The average Bonchev–Trinajstić information content (AvgIpc) is 2.78. The van der Waals surface area contributed by atoms with Crippen molar-refractivity contribution in [2.24, 2.45) is 0 Å². The summed E-state index contributed by atoms with van der Waals surface area (Å²) in [5.74, 6) is -0.270. The van der Waals surface area contributed by atoms with Crippen molar-refractivity contribution in [3.8, 4) is 11.1 Å². The molecule has 1 aliphatic carbocycles. The highest BCUT2D eigenvalue weighted by molar-refractivity contribution is 5.78. The number of carboxylic acid groups (broad SMARTS) is 1. The van der Waals surface area contributed by atoms with Crippen molar-refractivity contribution < 1.29 is 9.90 Å².